The van der Waals surface area contributed by atoms with Crippen molar-refractivity contribution in [2.75, 3.05) is 7.11 Å². The minimum Gasteiger partial charge on any atom is -0.497 e. The van der Waals surface area contributed by atoms with E-state index < -0.39 is 0 Å². The third-order valence-corrected chi connectivity index (χ3v) is 5.84. The van der Waals surface area contributed by atoms with Gasteiger partial charge in [-0.1, -0.05) is 12.1 Å². The molecule has 31 heavy (non-hydrogen) atoms. The van der Waals surface area contributed by atoms with Crippen LogP contribution in [0.4, 0.5) is 0 Å². The lowest BCUT2D eigenvalue weighted by Crippen LogP contribution is -2.26. The summed E-state index contributed by atoms with van der Waals surface area (Å²) in [5, 5.41) is 3.04. The van der Waals surface area contributed by atoms with Crippen LogP contribution in [0, 0.1) is 0 Å². The van der Waals surface area contributed by atoms with Crippen molar-refractivity contribution in [2.45, 2.75) is 50.9 Å². The SMILES string of the molecule is COc1ccc(-c2cnc(CN(Cc3ccc(C(=O)NC4CC4)cc3)C3CC3)o2)cc1. The molecule has 0 radical (unpaired) electrons. The molecular formula is C25H27N3O3. The Bertz CT molecular complexity index is 1030. The topological polar surface area (TPSA) is 67.6 Å². The monoisotopic (exact) mass is 417 g/mol. The van der Waals surface area contributed by atoms with Gasteiger partial charge in [-0.2, -0.15) is 0 Å². The summed E-state index contributed by atoms with van der Waals surface area (Å²) in [5.41, 5.74) is 2.90. The van der Waals surface area contributed by atoms with Crippen LogP contribution in [0.2, 0.25) is 0 Å². The first-order valence-corrected chi connectivity index (χ1v) is 10.9. The number of carbonyl (C=O) groups excluding carboxylic acids is 1. The Labute approximate surface area is 182 Å². The number of carbonyl (C=O) groups is 1. The van der Waals surface area contributed by atoms with Gasteiger partial charge in [0.1, 0.15) is 5.75 Å². The summed E-state index contributed by atoms with van der Waals surface area (Å²) in [5.74, 6) is 2.33. The van der Waals surface area contributed by atoms with Gasteiger partial charge in [-0.25, -0.2) is 4.98 Å². The summed E-state index contributed by atoms with van der Waals surface area (Å²) in [7, 11) is 1.66. The first-order chi connectivity index (χ1) is 15.2. The second kappa shape index (κ2) is 8.55. The average Bonchev–Trinajstić information content (AvgIpc) is 3.74. The molecule has 0 atom stereocenters. The summed E-state index contributed by atoms with van der Waals surface area (Å²) in [6.07, 6.45) is 6.39. The van der Waals surface area contributed by atoms with E-state index in [0.29, 0.717) is 18.6 Å². The van der Waals surface area contributed by atoms with Crippen LogP contribution >= 0.6 is 0 Å². The molecule has 2 fully saturated rings. The van der Waals surface area contributed by atoms with Crippen LogP contribution in [-0.2, 0) is 13.1 Å². The lowest BCUT2D eigenvalue weighted by atomic mass is 10.1. The highest BCUT2D eigenvalue weighted by Gasteiger charge is 2.30. The third-order valence-electron chi connectivity index (χ3n) is 5.84. The van der Waals surface area contributed by atoms with Gasteiger partial charge in [0.15, 0.2) is 5.76 Å². The molecular weight excluding hydrogens is 390 g/mol. The predicted molar refractivity (Wildman–Crippen MR) is 118 cm³/mol. The van der Waals surface area contributed by atoms with E-state index in [1.165, 1.54) is 18.4 Å². The van der Waals surface area contributed by atoms with Crippen molar-refractivity contribution in [1.29, 1.82) is 0 Å². The molecule has 5 rings (SSSR count). The molecule has 0 spiro atoms. The number of hydrogen-bond acceptors (Lipinski definition) is 5. The van der Waals surface area contributed by atoms with Crippen LogP contribution in [-0.4, -0.2) is 35.0 Å². The molecule has 2 aromatic carbocycles. The lowest BCUT2D eigenvalue weighted by Gasteiger charge is -2.20. The second-order valence-electron chi connectivity index (χ2n) is 8.43. The molecule has 2 aliphatic rings. The fraction of sp³-hybridized carbons (Fsp3) is 0.360. The maximum atomic E-state index is 12.2. The Kier molecular flexibility index (Phi) is 5.47. The van der Waals surface area contributed by atoms with Crippen molar-refractivity contribution < 1.29 is 13.9 Å². The van der Waals surface area contributed by atoms with E-state index in [-0.39, 0.29) is 5.91 Å². The van der Waals surface area contributed by atoms with Gasteiger partial charge in [-0.05, 0) is 67.6 Å². The van der Waals surface area contributed by atoms with Gasteiger partial charge >= 0.3 is 0 Å². The van der Waals surface area contributed by atoms with Gasteiger partial charge in [0.2, 0.25) is 5.89 Å². The van der Waals surface area contributed by atoms with Gasteiger partial charge < -0.3 is 14.5 Å². The number of methoxy groups -OCH3 is 1. The quantitative estimate of drug-likeness (QED) is 0.559. The van der Waals surface area contributed by atoms with Gasteiger partial charge in [0.25, 0.3) is 5.91 Å². The third kappa shape index (κ3) is 4.97. The normalized spacial score (nSPS) is 15.8. The number of nitrogens with zero attached hydrogens (tertiary/aromatic N) is 2. The molecule has 6 nitrogen and oxygen atoms in total. The Morgan fingerprint density at radius 2 is 1.81 bits per heavy atom. The van der Waals surface area contributed by atoms with Crippen LogP contribution in [0.15, 0.2) is 59.1 Å². The summed E-state index contributed by atoms with van der Waals surface area (Å²) in [6, 6.07) is 16.7. The number of ether oxygens (including phenoxy) is 1. The van der Waals surface area contributed by atoms with Crippen molar-refractivity contribution >= 4 is 5.91 Å². The van der Waals surface area contributed by atoms with Gasteiger partial charge in [-0.15, -0.1) is 0 Å². The van der Waals surface area contributed by atoms with Crippen molar-refractivity contribution in [3.8, 4) is 17.1 Å². The standard InChI is InChI=1S/C25H27N3O3/c1-30-22-12-6-18(7-13-22)23-14-26-24(31-23)16-28(21-10-11-21)15-17-2-4-19(5-3-17)25(29)27-20-8-9-20/h2-7,12-14,20-21H,8-11,15-16H2,1H3,(H,27,29). The molecule has 0 bridgehead atoms. The van der Waals surface area contributed by atoms with Crippen LogP contribution in [0.25, 0.3) is 11.3 Å². The zero-order valence-electron chi connectivity index (χ0n) is 17.7. The maximum Gasteiger partial charge on any atom is 0.251 e. The van der Waals surface area contributed by atoms with Gasteiger partial charge in [0, 0.05) is 29.8 Å². The van der Waals surface area contributed by atoms with Crippen molar-refractivity contribution in [1.82, 2.24) is 15.2 Å². The molecule has 3 aromatic rings. The van der Waals surface area contributed by atoms with E-state index in [2.05, 4.69) is 27.3 Å². The number of aromatic nitrogens is 1. The fourth-order valence-corrected chi connectivity index (χ4v) is 3.69. The average molecular weight is 418 g/mol. The summed E-state index contributed by atoms with van der Waals surface area (Å²) in [6.45, 7) is 1.49. The van der Waals surface area contributed by atoms with E-state index in [1.54, 1.807) is 13.3 Å². The first-order valence-electron chi connectivity index (χ1n) is 10.9. The van der Waals surface area contributed by atoms with E-state index in [1.807, 2.05) is 36.4 Å². The molecule has 1 aromatic heterocycles. The minimum atomic E-state index is 0.0268. The number of rotatable bonds is 9. The van der Waals surface area contributed by atoms with Crippen molar-refractivity contribution in [2.24, 2.45) is 0 Å². The molecule has 1 heterocycles. The maximum absolute atomic E-state index is 12.2. The van der Waals surface area contributed by atoms with Crippen LogP contribution in [0.3, 0.4) is 0 Å². The Morgan fingerprint density at radius 3 is 2.45 bits per heavy atom. The highest BCUT2D eigenvalue weighted by Crippen LogP contribution is 2.31. The summed E-state index contributed by atoms with van der Waals surface area (Å²) >= 11 is 0. The number of amides is 1. The molecule has 1 N–H and O–H groups in total. The van der Waals surface area contributed by atoms with Crippen LogP contribution in [0.1, 0.15) is 47.5 Å². The van der Waals surface area contributed by atoms with E-state index >= 15 is 0 Å². The second-order valence-corrected chi connectivity index (χ2v) is 8.43. The molecule has 2 saturated carbocycles. The fourth-order valence-electron chi connectivity index (χ4n) is 3.69. The highest BCUT2D eigenvalue weighted by molar-refractivity contribution is 5.94. The Morgan fingerprint density at radius 1 is 1.06 bits per heavy atom. The van der Waals surface area contributed by atoms with Crippen molar-refractivity contribution in [3.63, 3.8) is 0 Å². The highest BCUT2D eigenvalue weighted by atomic mass is 16.5. The van der Waals surface area contributed by atoms with E-state index in [4.69, 9.17) is 9.15 Å². The summed E-state index contributed by atoms with van der Waals surface area (Å²) < 4.78 is 11.3. The Hall–Kier alpha value is -3.12. The van der Waals surface area contributed by atoms with Gasteiger partial charge in [0.05, 0.1) is 19.9 Å². The van der Waals surface area contributed by atoms with Crippen molar-refractivity contribution in [3.05, 3.63) is 71.7 Å². The van der Waals surface area contributed by atoms with E-state index in [0.717, 1.165) is 47.9 Å². The van der Waals surface area contributed by atoms with Gasteiger partial charge in [-0.3, -0.25) is 9.69 Å². The molecule has 0 aliphatic heterocycles. The number of benzene rings is 2. The molecule has 0 unspecified atom stereocenters. The Balaban J connectivity index is 1.23. The smallest absolute Gasteiger partial charge is 0.251 e. The number of oxazole rings is 1. The number of hydrogen-bond donors (Lipinski definition) is 1. The zero-order chi connectivity index (χ0) is 21.2. The summed E-state index contributed by atoms with van der Waals surface area (Å²) in [4.78, 5) is 19.1. The molecule has 2 aliphatic carbocycles. The molecule has 160 valence electrons. The molecule has 0 saturated heterocycles. The molecule has 6 heteroatoms. The molecule has 1 amide bonds. The predicted octanol–water partition coefficient (Wildman–Crippen LogP) is 4.41. The largest absolute Gasteiger partial charge is 0.497 e. The van der Waals surface area contributed by atoms with E-state index in [9.17, 15) is 4.79 Å². The van der Waals surface area contributed by atoms with Crippen LogP contribution in [0.5, 0.6) is 5.75 Å². The first kappa shape index (κ1) is 19.8. The zero-order valence-corrected chi connectivity index (χ0v) is 17.7. The number of nitrogens with one attached hydrogen (secondary N) is 1. The van der Waals surface area contributed by atoms with Crippen LogP contribution < -0.4 is 10.1 Å². The minimum absolute atomic E-state index is 0.0268. The lowest BCUT2D eigenvalue weighted by molar-refractivity contribution is 0.0951.